The zero-order valence-electron chi connectivity index (χ0n) is 8.98. The van der Waals surface area contributed by atoms with Gasteiger partial charge in [-0.2, -0.15) is 0 Å². The standard InChI is InChI=1S/C13H9Cl3I/c1-8-2-3-9(6-12(8)15)17-10-4-5-11(14)13(16)7-10/h2-7H,1H3/q+1. The van der Waals surface area contributed by atoms with Gasteiger partial charge in [0.2, 0.25) is 0 Å². The summed E-state index contributed by atoms with van der Waals surface area (Å²) in [7, 11) is 0. The van der Waals surface area contributed by atoms with Crippen molar-refractivity contribution in [3.63, 3.8) is 0 Å². The molecule has 0 saturated heterocycles. The first-order chi connectivity index (χ1) is 8.06. The molecule has 0 aromatic heterocycles. The van der Waals surface area contributed by atoms with E-state index in [0.717, 1.165) is 10.6 Å². The Kier molecular flexibility index (Phi) is 4.59. The van der Waals surface area contributed by atoms with Crippen LogP contribution in [0.2, 0.25) is 15.1 Å². The molecular weight excluding hydrogens is 389 g/mol. The zero-order chi connectivity index (χ0) is 12.4. The molecule has 0 atom stereocenters. The number of aryl methyl sites for hydroxylation is 1. The minimum absolute atomic E-state index is 0.258. The van der Waals surface area contributed by atoms with Crippen LogP contribution in [0.15, 0.2) is 36.4 Å². The average molecular weight is 398 g/mol. The maximum absolute atomic E-state index is 6.11. The van der Waals surface area contributed by atoms with E-state index in [2.05, 4.69) is 12.1 Å². The number of hydrogen-bond acceptors (Lipinski definition) is 0. The summed E-state index contributed by atoms with van der Waals surface area (Å²) in [5.74, 6) is 0. The van der Waals surface area contributed by atoms with Crippen LogP contribution in [0.5, 0.6) is 0 Å². The van der Waals surface area contributed by atoms with Gasteiger partial charge in [0.1, 0.15) is 0 Å². The summed E-state index contributed by atoms with van der Waals surface area (Å²) in [6.07, 6.45) is 0. The smallest absolute Gasteiger partial charge is 0.0839 e. The van der Waals surface area contributed by atoms with Crippen LogP contribution in [0.1, 0.15) is 5.56 Å². The molecule has 0 nitrogen and oxygen atoms in total. The second kappa shape index (κ2) is 5.79. The van der Waals surface area contributed by atoms with E-state index >= 15 is 0 Å². The molecule has 17 heavy (non-hydrogen) atoms. The third-order valence-electron chi connectivity index (χ3n) is 2.23. The molecule has 0 unspecified atom stereocenters. The molecule has 0 spiro atoms. The summed E-state index contributed by atoms with van der Waals surface area (Å²) in [6, 6.07) is 12.0. The minimum Gasteiger partial charge on any atom is -0.0839 e. The van der Waals surface area contributed by atoms with Crippen molar-refractivity contribution in [1.82, 2.24) is 0 Å². The van der Waals surface area contributed by atoms with Crippen molar-refractivity contribution < 1.29 is 21.2 Å². The van der Waals surface area contributed by atoms with Crippen molar-refractivity contribution in [2.45, 2.75) is 6.92 Å². The molecule has 0 amide bonds. The molecule has 0 radical (unpaired) electrons. The molecule has 4 heteroatoms. The largest absolute Gasteiger partial charge is 0.358 e. The highest BCUT2D eigenvalue weighted by Crippen LogP contribution is 2.19. The fourth-order valence-electron chi connectivity index (χ4n) is 1.28. The first-order valence-corrected chi connectivity index (χ1v) is 8.21. The first-order valence-electron chi connectivity index (χ1n) is 4.92. The van der Waals surface area contributed by atoms with Crippen LogP contribution < -0.4 is 21.2 Å². The Bertz CT molecular complexity index is 503. The Labute approximate surface area is 126 Å². The van der Waals surface area contributed by atoms with Gasteiger partial charge in [-0.1, -0.05) is 40.9 Å². The summed E-state index contributed by atoms with van der Waals surface area (Å²) in [6.45, 7) is 2.00. The normalized spacial score (nSPS) is 10.6. The summed E-state index contributed by atoms with van der Waals surface area (Å²) < 4.78 is 2.51. The number of hydrogen-bond donors (Lipinski definition) is 0. The van der Waals surface area contributed by atoms with Crippen LogP contribution in [-0.2, 0) is 0 Å². The first kappa shape index (κ1) is 13.5. The SMILES string of the molecule is Cc1ccc([I+]c2ccc(Cl)c(Cl)c2)cc1Cl. The van der Waals surface area contributed by atoms with Gasteiger partial charge in [-0.25, -0.2) is 0 Å². The van der Waals surface area contributed by atoms with Gasteiger partial charge in [-0.15, -0.1) is 0 Å². The van der Waals surface area contributed by atoms with Crippen LogP contribution in [0, 0.1) is 14.1 Å². The average Bonchev–Trinajstić information content (AvgIpc) is 2.29. The van der Waals surface area contributed by atoms with E-state index < -0.39 is 0 Å². The Balaban J connectivity index is 2.25. The molecule has 88 valence electrons. The van der Waals surface area contributed by atoms with Crippen molar-refractivity contribution in [2.75, 3.05) is 0 Å². The minimum atomic E-state index is -0.258. The molecule has 0 aliphatic carbocycles. The summed E-state index contributed by atoms with van der Waals surface area (Å²) >= 11 is 17.7. The number of halogens is 4. The fourth-order valence-corrected chi connectivity index (χ4v) is 4.50. The van der Waals surface area contributed by atoms with Crippen molar-refractivity contribution >= 4 is 34.8 Å². The summed E-state index contributed by atoms with van der Waals surface area (Å²) in [5, 5.41) is 2.03. The predicted molar refractivity (Wildman–Crippen MR) is 70.0 cm³/mol. The Morgan fingerprint density at radius 3 is 1.94 bits per heavy atom. The molecule has 2 aromatic rings. The molecule has 2 rings (SSSR count). The van der Waals surface area contributed by atoms with E-state index in [1.807, 2.05) is 31.2 Å². The van der Waals surface area contributed by atoms with Crippen LogP contribution in [0.4, 0.5) is 0 Å². The van der Waals surface area contributed by atoms with E-state index in [0.29, 0.717) is 10.0 Å². The monoisotopic (exact) mass is 397 g/mol. The molecule has 0 N–H and O–H groups in total. The molecule has 0 saturated carbocycles. The van der Waals surface area contributed by atoms with Gasteiger partial charge in [-0.3, -0.25) is 0 Å². The van der Waals surface area contributed by atoms with Gasteiger partial charge in [0.15, 0.2) is 7.14 Å². The van der Waals surface area contributed by atoms with E-state index in [4.69, 9.17) is 34.8 Å². The fraction of sp³-hybridized carbons (Fsp3) is 0.0769. The molecule has 0 heterocycles. The lowest BCUT2D eigenvalue weighted by atomic mass is 10.2. The Morgan fingerprint density at radius 2 is 1.35 bits per heavy atom. The Hall–Kier alpha value is 0.0400. The van der Waals surface area contributed by atoms with Gasteiger partial charge < -0.3 is 0 Å². The van der Waals surface area contributed by atoms with Gasteiger partial charge in [0, 0.05) is 17.2 Å². The van der Waals surface area contributed by atoms with E-state index in [1.165, 1.54) is 7.14 Å². The zero-order valence-corrected chi connectivity index (χ0v) is 13.4. The van der Waals surface area contributed by atoms with Gasteiger partial charge in [-0.05, 0) is 30.7 Å². The molecule has 0 aliphatic heterocycles. The number of benzene rings is 2. The second-order valence-corrected chi connectivity index (χ2v) is 7.80. The van der Waals surface area contributed by atoms with Gasteiger partial charge in [0.25, 0.3) is 0 Å². The molecule has 0 bridgehead atoms. The van der Waals surface area contributed by atoms with Crippen LogP contribution in [0.3, 0.4) is 0 Å². The lowest BCUT2D eigenvalue weighted by Gasteiger charge is -1.95. The third-order valence-corrected chi connectivity index (χ3v) is 5.97. The van der Waals surface area contributed by atoms with E-state index in [9.17, 15) is 0 Å². The van der Waals surface area contributed by atoms with Gasteiger partial charge >= 0.3 is 21.2 Å². The molecule has 0 aliphatic rings. The molecule has 0 fully saturated rings. The highest BCUT2D eigenvalue weighted by Gasteiger charge is 2.17. The van der Waals surface area contributed by atoms with Crippen LogP contribution >= 0.6 is 34.8 Å². The topological polar surface area (TPSA) is 0 Å². The third kappa shape index (κ3) is 3.50. The lowest BCUT2D eigenvalue weighted by molar-refractivity contribution is -0.597. The Morgan fingerprint density at radius 1 is 0.765 bits per heavy atom. The lowest BCUT2D eigenvalue weighted by Crippen LogP contribution is -3.61. The van der Waals surface area contributed by atoms with Crippen molar-refractivity contribution in [1.29, 1.82) is 0 Å². The summed E-state index contributed by atoms with van der Waals surface area (Å²) in [4.78, 5) is 0. The van der Waals surface area contributed by atoms with E-state index in [-0.39, 0.29) is 21.2 Å². The highest BCUT2D eigenvalue weighted by molar-refractivity contribution is 6.41. The van der Waals surface area contributed by atoms with Crippen molar-refractivity contribution in [2.24, 2.45) is 0 Å². The van der Waals surface area contributed by atoms with Crippen LogP contribution in [-0.4, -0.2) is 0 Å². The maximum atomic E-state index is 6.11. The quantitative estimate of drug-likeness (QED) is 0.537. The van der Waals surface area contributed by atoms with Crippen LogP contribution in [0.25, 0.3) is 0 Å². The summed E-state index contributed by atoms with van der Waals surface area (Å²) in [5.41, 5.74) is 1.11. The predicted octanol–water partition coefficient (Wildman–Crippen LogP) is 2.08. The van der Waals surface area contributed by atoms with Crippen molar-refractivity contribution in [3.8, 4) is 0 Å². The van der Waals surface area contributed by atoms with E-state index in [1.54, 1.807) is 0 Å². The van der Waals surface area contributed by atoms with Crippen molar-refractivity contribution in [3.05, 3.63) is 64.2 Å². The molecular formula is C13H9Cl3I+. The highest BCUT2D eigenvalue weighted by atomic mass is 127. The van der Waals surface area contributed by atoms with Gasteiger partial charge in [0.05, 0.1) is 10.0 Å². The maximum Gasteiger partial charge on any atom is 0.358 e. The molecule has 2 aromatic carbocycles. The second-order valence-electron chi connectivity index (χ2n) is 3.55. The number of rotatable bonds is 2.